The molecule has 0 aliphatic heterocycles. The fourth-order valence-electron chi connectivity index (χ4n) is 9.04. The van der Waals surface area contributed by atoms with Gasteiger partial charge in [-0.15, -0.1) is 0 Å². The monoisotopic (exact) mass is 1050 g/mol. The molecule has 340 valence electrons. The summed E-state index contributed by atoms with van der Waals surface area (Å²) in [6, 6.07) is 0. The number of fused-ring (bicyclic) bond motifs is 2. The van der Waals surface area contributed by atoms with E-state index in [0.29, 0.717) is 32.2 Å². The van der Waals surface area contributed by atoms with Gasteiger partial charge in [0.05, 0.1) is 20.4 Å². The highest BCUT2D eigenvalue weighted by molar-refractivity contribution is 14.1. The Bertz CT molecular complexity index is 1440. The van der Waals surface area contributed by atoms with Gasteiger partial charge in [0, 0.05) is 21.6 Å². The Balaban J connectivity index is 1.86. The van der Waals surface area contributed by atoms with E-state index in [1.54, 1.807) is 12.2 Å². The minimum absolute atomic E-state index is 0.00611. The lowest BCUT2D eigenvalue weighted by atomic mass is 9.93. The van der Waals surface area contributed by atoms with E-state index in [2.05, 4.69) is 72.9 Å². The largest absolute Gasteiger partial charge is 0.492 e. The molecule has 2 unspecified atom stereocenters. The van der Waals surface area contributed by atoms with E-state index in [1.165, 1.54) is 205 Å². The van der Waals surface area contributed by atoms with Gasteiger partial charge in [0.15, 0.2) is 11.6 Å². The Hall–Kier alpha value is -1.16. The molecule has 1 aromatic carbocycles. The third-order valence-corrected chi connectivity index (χ3v) is 14.6. The van der Waals surface area contributed by atoms with Gasteiger partial charge in [-0.05, 0) is 107 Å². The predicted octanol–water partition coefficient (Wildman–Crippen LogP) is 16.5. The summed E-state index contributed by atoms with van der Waals surface area (Å²) in [6.07, 6.45) is 48.9. The van der Waals surface area contributed by atoms with Crippen LogP contribution in [-0.2, 0) is 9.59 Å². The first-order chi connectivity index (χ1) is 29.3. The number of unbranched alkanes of at least 4 members (excludes halogenated alkanes) is 24. The molecule has 0 saturated heterocycles. The van der Waals surface area contributed by atoms with Crippen LogP contribution in [0, 0.1) is 11.8 Å². The fourth-order valence-corrected chi connectivity index (χ4v) is 9.98. The zero-order chi connectivity index (χ0) is 43.2. The van der Waals surface area contributed by atoms with Crippen molar-refractivity contribution in [1.29, 1.82) is 0 Å². The first-order valence-corrected chi connectivity index (χ1v) is 27.5. The second kappa shape index (κ2) is 33.4. The smallest absolute Gasteiger partial charge is 0.192 e. The number of rotatable bonds is 38. The number of benzene rings is 1. The maximum absolute atomic E-state index is 13.4. The molecule has 2 aliphatic carbocycles. The van der Waals surface area contributed by atoms with Gasteiger partial charge in [-0.25, -0.2) is 0 Å². The Morgan fingerprint density at radius 3 is 0.900 bits per heavy atom. The summed E-state index contributed by atoms with van der Waals surface area (Å²) in [5.41, 5.74) is 1.78. The second-order valence-corrected chi connectivity index (χ2v) is 20.6. The zero-order valence-electron chi connectivity index (χ0n) is 38.9. The molecule has 0 spiro atoms. The van der Waals surface area contributed by atoms with Crippen LogP contribution in [0.5, 0.6) is 11.5 Å². The van der Waals surface area contributed by atoms with Gasteiger partial charge in [0.2, 0.25) is 0 Å². The van der Waals surface area contributed by atoms with Crippen molar-refractivity contribution in [2.75, 3.05) is 13.2 Å². The van der Waals surface area contributed by atoms with Crippen LogP contribution in [0.25, 0.3) is 24.3 Å². The van der Waals surface area contributed by atoms with E-state index in [9.17, 15) is 9.59 Å². The van der Waals surface area contributed by atoms with E-state index >= 15 is 0 Å². The normalized spacial score (nSPS) is 14.5. The molecule has 0 saturated carbocycles. The van der Waals surface area contributed by atoms with Crippen molar-refractivity contribution < 1.29 is 19.1 Å². The highest BCUT2D eigenvalue weighted by atomic mass is 127. The van der Waals surface area contributed by atoms with Crippen molar-refractivity contribution in [3.63, 3.8) is 0 Å². The maximum Gasteiger partial charge on any atom is 0.192 e. The number of ether oxygens (including phenoxy) is 2. The Morgan fingerprint density at radius 1 is 0.383 bits per heavy atom. The topological polar surface area (TPSA) is 52.6 Å². The summed E-state index contributed by atoms with van der Waals surface area (Å²) in [5, 5.41) is 1.64. The average molecular weight is 1050 g/mol. The van der Waals surface area contributed by atoms with Crippen LogP contribution in [0.3, 0.4) is 0 Å². The molecule has 0 radical (unpaired) electrons. The van der Waals surface area contributed by atoms with Crippen molar-refractivity contribution in [2.24, 2.45) is 11.8 Å². The SMILES string of the molecule is CCCCCCCCCCC(CCCCCCCC)COc1c2c(c(OCC(CCCCCCCC)CCCCCCCCCC)c3c1=CC(=O)C(I)=C3)=CC(=O)C(I)=C2. The summed E-state index contributed by atoms with van der Waals surface area (Å²) < 4.78 is 15.3. The predicted molar refractivity (Wildman–Crippen MR) is 277 cm³/mol. The molecule has 0 fully saturated rings. The van der Waals surface area contributed by atoms with Gasteiger partial charge in [0.1, 0.15) is 11.5 Å². The fraction of sp³-hybridized carbons (Fsp3) is 0.741. The number of carbonyl (C=O) groups is 2. The molecule has 2 atom stereocenters. The molecule has 0 bridgehead atoms. The molecule has 4 nitrogen and oxygen atoms in total. The van der Waals surface area contributed by atoms with E-state index < -0.39 is 0 Å². The molecule has 6 heteroatoms. The zero-order valence-corrected chi connectivity index (χ0v) is 43.2. The number of hydrogen-bond acceptors (Lipinski definition) is 4. The minimum atomic E-state index is 0.00611. The van der Waals surface area contributed by atoms with Gasteiger partial charge < -0.3 is 9.47 Å². The molecule has 0 heterocycles. The molecule has 60 heavy (non-hydrogen) atoms. The quantitative estimate of drug-likeness (QED) is 0.0489. The van der Waals surface area contributed by atoms with Crippen LogP contribution in [0.1, 0.15) is 244 Å². The molecule has 0 N–H and O–H groups in total. The molecule has 0 amide bonds. The van der Waals surface area contributed by atoms with E-state index in [4.69, 9.17) is 9.47 Å². The number of ketones is 2. The number of halogens is 2. The van der Waals surface area contributed by atoms with Gasteiger partial charge in [-0.2, -0.15) is 0 Å². The maximum atomic E-state index is 13.4. The van der Waals surface area contributed by atoms with Gasteiger partial charge in [-0.3, -0.25) is 9.59 Å². The summed E-state index contributed by atoms with van der Waals surface area (Å²) in [6.45, 7) is 10.4. The van der Waals surface area contributed by atoms with Crippen LogP contribution in [0.2, 0.25) is 0 Å². The molecule has 2 aliphatic rings. The molecule has 3 rings (SSSR count). The highest BCUT2D eigenvalue weighted by Gasteiger charge is 2.27. The molecular formula is C54H86I2O4. The van der Waals surface area contributed by atoms with Crippen molar-refractivity contribution in [3.05, 3.63) is 28.7 Å². The lowest BCUT2D eigenvalue weighted by molar-refractivity contribution is -0.110. The molecule has 1 aromatic rings. The lowest BCUT2D eigenvalue weighted by Crippen LogP contribution is -2.31. The Kier molecular flexibility index (Phi) is 29.6. The number of carbonyl (C=O) groups excluding carboxylic acids is 2. The lowest BCUT2D eigenvalue weighted by Gasteiger charge is -2.25. The highest BCUT2D eigenvalue weighted by Crippen LogP contribution is 2.32. The van der Waals surface area contributed by atoms with Crippen LogP contribution >= 0.6 is 45.2 Å². The number of allylic oxidation sites excluding steroid dienone is 2. The third kappa shape index (κ3) is 20.6. The summed E-state index contributed by atoms with van der Waals surface area (Å²) >= 11 is 4.33. The van der Waals surface area contributed by atoms with Crippen molar-refractivity contribution >= 4 is 81.1 Å². The number of hydrogen-bond donors (Lipinski definition) is 0. The minimum Gasteiger partial charge on any atom is -0.492 e. The van der Waals surface area contributed by atoms with Crippen LogP contribution in [0.15, 0.2) is 7.16 Å². The van der Waals surface area contributed by atoms with Crippen LogP contribution in [-0.4, -0.2) is 24.8 Å². The van der Waals surface area contributed by atoms with Crippen molar-refractivity contribution in [2.45, 2.75) is 233 Å². The second-order valence-electron chi connectivity index (χ2n) is 18.3. The summed E-state index contributed by atoms with van der Waals surface area (Å²) in [4.78, 5) is 26.8. The van der Waals surface area contributed by atoms with Gasteiger partial charge in [-0.1, -0.05) is 207 Å². The van der Waals surface area contributed by atoms with E-state index in [1.807, 2.05) is 12.2 Å². The average Bonchev–Trinajstić information content (AvgIpc) is 3.24. The van der Waals surface area contributed by atoms with E-state index in [0.717, 1.165) is 33.1 Å². The third-order valence-electron chi connectivity index (χ3n) is 12.9. The van der Waals surface area contributed by atoms with Crippen molar-refractivity contribution in [3.8, 4) is 11.5 Å². The van der Waals surface area contributed by atoms with E-state index in [-0.39, 0.29) is 11.6 Å². The molecule has 0 aromatic heterocycles. The van der Waals surface area contributed by atoms with Crippen LogP contribution < -0.4 is 19.9 Å². The van der Waals surface area contributed by atoms with Gasteiger partial charge >= 0.3 is 0 Å². The summed E-state index contributed by atoms with van der Waals surface area (Å²) in [7, 11) is 0. The standard InChI is InChI=1S/C54H86I2O4/c1-5-9-13-17-21-23-27-31-35-43(33-29-25-19-15-11-7-3)41-59-53-45-37-49(55)52(58)40-48(45)54(46-38-50(56)51(57)39-47(46)53)60-42-44(34-30-26-20-16-12-8-4)36-32-28-24-22-18-14-10-6-2/h37-40,43-44H,5-36,41-42H2,1-4H3. The Morgan fingerprint density at radius 2 is 0.633 bits per heavy atom. The van der Waals surface area contributed by atoms with Gasteiger partial charge in [0.25, 0.3) is 0 Å². The van der Waals surface area contributed by atoms with Crippen LogP contribution in [0.4, 0.5) is 0 Å². The Labute approximate surface area is 395 Å². The number of Topliss-reactive ketones (excluding diaryl/α,β-unsaturated/α-hetero) is 2. The first kappa shape index (κ1) is 53.2. The summed E-state index contributed by atoms with van der Waals surface area (Å²) in [5.74, 6) is 2.42. The molecular weight excluding hydrogens is 966 g/mol. The van der Waals surface area contributed by atoms with Crippen molar-refractivity contribution in [1.82, 2.24) is 0 Å². The first-order valence-electron chi connectivity index (χ1n) is 25.4.